The van der Waals surface area contributed by atoms with Crippen molar-refractivity contribution in [3.63, 3.8) is 0 Å². The first-order valence-electron chi connectivity index (χ1n) is 8.02. The van der Waals surface area contributed by atoms with Crippen LogP contribution in [0.4, 0.5) is 5.69 Å². The number of carbonyl (C=O) groups is 2. The molecule has 0 bridgehead atoms. The van der Waals surface area contributed by atoms with Crippen molar-refractivity contribution in [2.24, 2.45) is 0 Å². The van der Waals surface area contributed by atoms with Crippen molar-refractivity contribution < 1.29 is 24.0 Å². The van der Waals surface area contributed by atoms with E-state index in [0.717, 1.165) is 0 Å². The standard InChI is InChI=1S/C18H20N2O6/c1-25-11-3-2-5-17(21)16(18(22)26-12-4-10-19)13-14-6-8-15(9-7-14)20(23)24/h6-9,13H,2-5,11-12H2,1H3/b16-13+. The van der Waals surface area contributed by atoms with Gasteiger partial charge in [0.1, 0.15) is 12.2 Å². The van der Waals surface area contributed by atoms with E-state index in [2.05, 4.69) is 0 Å². The number of nitro groups is 1. The van der Waals surface area contributed by atoms with Crippen LogP contribution < -0.4 is 0 Å². The highest BCUT2D eigenvalue weighted by atomic mass is 16.6. The summed E-state index contributed by atoms with van der Waals surface area (Å²) in [5, 5.41) is 19.2. The van der Waals surface area contributed by atoms with E-state index in [1.165, 1.54) is 30.3 Å². The van der Waals surface area contributed by atoms with Crippen molar-refractivity contribution in [2.75, 3.05) is 20.3 Å². The van der Waals surface area contributed by atoms with Gasteiger partial charge < -0.3 is 9.47 Å². The lowest BCUT2D eigenvalue weighted by atomic mass is 10.0. The maximum Gasteiger partial charge on any atom is 0.341 e. The number of hydrogen-bond acceptors (Lipinski definition) is 7. The van der Waals surface area contributed by atoms with Gasteiger partial charge in [0.2, 0.25) is 0 Å². The number of carbonyl (C=O) groups excluding carboxylic acids is 2. The summed E-state index contributed by atoms with van der Waals surface area (Å²) in [5.41, 5.74) is 0.230. The summed E-state index contributed by atoms with van der Waals surface area (Å²) in [6.07, 6.45) is 2.75. The molecule has 1 aromatic rings. The van der Waals surface area contributed by atoms with Gasteiger partial charge in [0.15, 0.2) is 5.78 Å². The minimum Gasteiger partial charge on any atom is -0.461 e. The third-order valence-corrected chi connectivity index (χ3v) is 3.38. The molecule has 0 saturated carbocycles. The molecule has 0 aliphatic carbocycles. The molecule has 0 aromatic heterocycles. The minimum atomic E-state index is -0.810. The highest BCUT2D eigenvalue weighted by molar-refractivity contribution is 6.20. The Kier molecular flexibility index (Phi) is 9.28. The SMILES string of the molecule is COCCCCC(=O)/C(=C\c1ccc([N+](=O)[O-])cc1)C(=O)OCCC#N. The first-order valence-corrected chi connectivity index (χ1v) is 8.02. The topological polar surface area (TPSA) is 120 Å². The lowest BCUT2D eigenvalue weighted by Gasteiger charge is -2.07. The lowest BCUT2D eigenvalue weighted by Crippen LogP contribution is -2.16. The van der Waals surface area contributed by atoms with Crippen LogP contribution in [-0.4, -0.2) is 37.0 Å². The number of methoxy groups -OCH3 is 1. The van der Waals surface area contributed by atoms with E-state index in [1.807, 2.05) is 6.07 Å². The zero-order chi connectivity index (χ0) is 19.4. The van der Waals surface area contributed by atoms with Crippen molar-refractivity contribution in [3.05, 3.63) is 45.5 Å². The molecule has 8 nitrogen and oxygen atoms in total. The summed E-state index contributed by atoms with van der Waals surface area (Å²) in [4.78, 5) is 34.7. The Morgan fingerprint density at radius 1 is 1.23 bits per heavy atom. The molecule has 0 N–H and O–H groups in total. The number of nitro benzene ring substituents is 1. The molecule has 1 aromatic carbocycles. The van der Waals surface area contributed by atoms with Gasteiger partial charge in [-0.25, -0.2) is 4.79 Å². The molecule has 0 atom stereocenters. The Labute approximate surface area is 151 Å². The first kappa shape index (κ1) is 21.0. The molecule has 0 saturated heterocycles. The molecule has 0 spiro atoms. The normalized spacial score (nSPS) is 10.8. The second kappa shape index (κ2) is 11.5. The Bertz CT molecular complexity index is 703. The highest BCUT2D eigenvalue weighted by Gasteiger charge is 2.19. The number of rotatable bonds is 11. The number of unbranched alkanes of at least 4 members (excludes halogenated alkanes) is 1. The van der Waals surface area contributed by atoms with Gasteiger partial charge in [-0.2, -0.15) is 5.26 Å². The van der Waals surface area contributed by atoms with Crippen LogP contribution in [0.25, 0.3) is 6.08 Å². The Hall–Kier alpha value is -3.05. The van der Waals surface area contributed by atoms with Crippen LogP contribution in [-0.2, 0) is 19.1 Å². The van der Waals surface area contributed by atoms with Crippen molar-refractivity contribution in [1.29, 1.82) is 5.26 Å². The van der Waals surface area contributed by atoms with Crippen LogP contribution in [0.3, 0.4) is 0 Å². The van der Waals surface area contributed by atoms with Gasteiger partial charge >= 0.3 is 5.97 Å². The van der Waals surface area contributed by atoms with Crippen molar-refractivity contribution in [1.82, 2.24) is 0 Å². The fourth-order valence-electron chi connectivity index (χ4n) is 2.05. The van der Waals surface area contributed by atoms with Crippen LogP contribution in [0.5, 0.6) is 0 Å². The third kappa shape index (κ3) is 7.23. The van der Waals surface area contributed by atoms with E-state index in [0.29, 0.717) is 25.0 Å². The summed E-state index contributed by atoms with van der Waals surface area (Å²) in [5.74, 6) is -1.20. The predicted octanol–water partition coefficient (Wildman–Crippen LogP) is 2.82. The number of nitrogens with zero attached hydrogens (tertiary/aromatic N) is 2. The van der Waals surface area contributed by atoms with Gasteiger partial charge in [-0.1, -0.05) is 0 Å². The van der Waals surface area contributed by atoms with E-state index in [4.69, 9.17) is 14.7 Å². The number of esters is 1. The average molecular weight is 360 g/mol. The number of non-ortho nitro benzene ring substituents is 1. The zero-order valence-electron chi connectivity index (χ0n) is 14.5. The molecular formula is C18H20N2O6. The van der Waals surface area contributed by atoms with Crippen molar-refractivity contribution >= 4 is 23.5 Å². The van der Waals surface area contributed by atoms with Gasteiger partial charge in [-0.3, -0.25) is 14.9 Å². The smallest absolute Gasteiger partial charge is 0.341 e. The Morgan fingerprint density at radius 3 is 2.50 bits per heavy atom. The van der Waals surface area contributed by atoms with Crippen LogP contribution in [0.1, 0.15) is 31.2 Å². The van der Waals surface area contributed by atoms with Crippen LogP contribution >= 0.6 is 0 Å². The fourth-order valence-corrected chi connectivity index (χ4v) is 2.05. The van der Waals surface area contributed by atoms with Gasteiger partial charge in [0.25, 0.3) is 5.69 Å². The summed E-state index contributed by atoms with van der Waals surface area (Å²) in [6.45, 7) is 0.408. The van der Waals surface area contributed by atoms with Gasteiger partial charge in [-0.15, -0.1) is 0 Å². The number of benzene rings is 1. The fraction of sp³-hybridized carbons (Fsp3) is 0.389. The molecule has 0 amide bonds. The molecule has 1 rings (SSSR count). The van der Waals surface area contributed by atoms with Crippen molar-refractivity contribution in [2.45, 2.75) is 25.7 Å². The summed E-state index contributed by atoms with van der Waals surface area (Å²) < 4.78 is 9.86. The van der Waals surface area contributed by atoms with Gasteiger partial charge in [-0.05, 0) is 36.6 Å². The molecule has 26 heavy (non-hydrogen) atoms. The highest BCUT2D eigenvalue weighted by Crippen LogP contribution is 2.17. The molecular weight excluding hydrogens is 340 g/mol. The van der Waals surface area contributed by atoms with Gasteiger partial charge in [0.05, 0.1) is 17.4 Å². The Balaban J connectivity index is 2.94. The molecule has 0 unspecified atom stereocenters. The predicted molar refractivity (Wildman–Crippen MR) is 93.0 cm³/mol. The number of hydrogen-bond donors (Lipinski definition) is 0. The molecule has 0 heterocycles. The molecule has 0 aliphatic heterocycles. The molecule has 0 aliphatic rings. The van der Waals surface area contributed by atoms with Crippen LogP contribution in [0, 0.1) is 21.4 Å². The summed E-state index contributed by atoms with van der Waals surface area (Å²) >= 11 is 0. The summed E-state index contributed by atoms with van der Waals surface area (Å²) in [6, 6.07) is 7.30. The number of Topliss-reactive ketones (excluding diaryl/α,β-unsaturated/α-hetero) is 1. The zero-order valence-corrected chi connectivity index (χ0v) is 14.5. The monoisotopic (exact) mass is 360 g/mol. The largest absolute Gasteiger partial charge is 0.461 e. The maximum absolute atomic E-state index is 12.4. The lowest BCUT2D eigenvalue weighted by molar-refractivity contribution is -0.384. The summed E-state index contributed by atoms with van der Waals surface area (Å²) in [7, 11) is 1.56. The van der Waals surface area contributed by atoms with E-state index >= 15 is 0 Å². The number of ketones is 1. The number of nitriles is 1. The minimum absolute atomic E-state index is 0.0264. The first-order chi connectivity index (χ1) is 12.5. The molecule has 8 heteroatoms. The van der Waals surface area contributed by atoms with E-state index in [1.54, 1.807) is 7.11 Å². The maximum atomic E-state index is 12.4. The molecule has 0 fully saturated rings. The van der Waals surface area contributed by atoms with E-state index in [-0.39, 0.29) is 36.5 Å². The third-order valence-electron chi connectivity index (χ3n) is 3.38. The average Bonchev–Trinajstić information content (AvgIpc) is 2.63. The second-order valence-corrected chi connectivity index (χ2v) is 5.32. The number of ether oxygens (including phenoxy) is 2. The van der Waals surface area contributed by atoms with Gasteiger partial charge in [0, 0.05) is 32.3 Å². The van der Waals surface area contributed by atoms with Crippen molar-refractivity contribution in [3.8, 4) is 6.07 Å². The quantitative estimate of drug-likeness (QED) is 0.113. The van der Waals surface area contributed by atoms with Crippen LogP contribution in [0.15, 0.2) is 29.8 Å². The van der Waals surface area contributed by atoms with E-state index in [9.17, 15) is 19.7 Å². The van der Waals surface area contributed by atoms with E-state index < -0.39 is 10.9 Å². The molecule has 138 valence electrons. The Morgan fingerprint density at radius 2 is 1.92 bits per heavy atom. The molecule has 0 radical (unpaired) electrons. The van der Waals surface area contributed by atoms with Crippen LogP contribution in [0.2, 0.25) is 0 Å². The second-order valence-electron chi connectivity index (χ2n) is 5.32.